The van der Waals surface area contributed by atoms with Crippen molar-refractivity contribution in [3.05, 3.63) is 93.6 Å². The molecule has 0 bridgehead atoms. The molecule has 5 aromatic rings. The Morgan fingerprint density at radius 3 is 2.59 bits per heavy atom. The van der Waals surface area contributed by atoms with Crippen molar-refractivity contribution in [3.8, 4) is 11.5 Å². The van der Waals surface area contributed by atoms with E-state index in [4.69, 9.17) is 4.42 Å². The summed E-state index contributed by atoms with van der Waals surface area (Å²) in [6.07, 6.45) is 0. The first-order valence-corrected chi connectivity index (χ1v) is 10.9. The predicted molar refractivity (Wildman–Crippen MR) is 132 cm³/mol. The molecule has 2 N–H and O–H groups in total. The van der Waals surface area contributed by atoms with Gasteiger partial charge in [0.25, 0.3) is 0 Å². The molecule has 1 unspecified atom stereocenters. The Labute approximate surface area is 195 Å². The van der Waals surface area contributed by atoms with Crippen LogP contribution < -0.4 is 10.7 Å². The van der Waals surface area contributed by atoms with Gasteiger partial charge in [-0.25, -0.2) is 4.79 Å². The number of aromatic nitrogens is 2. The standard InChI is InChI=1S/C27H23N3O4/c1-15-12-19(16(2)28-21-10-6-5-9-18(21)27(32)33)26-20(13-15)23(31)14-24(34-26)25-17-8-4-7-11-22(17)29-30(25)3/h4-14,16,28H,1-3H3,(H,32,33). The second-order valence-electron chi connectivity index (χ2n) is 8.41. The highest BCUT2D eigenvalue weighted by Gasteiger charge is 2.20. The Hall–Kier alpha value is -4.39. The first-order chi connectivity index (χ1) is 16.3. The molecule has 2 heterocycles. The highest BCUT2D eigenvalue weighted by atomic mass is 16.4. The van der Waals surface area contributed by atoms with Crippen molar-refractivity contribution >= 4 is 33.5 Å². The first kappa shape index (κ1) is 21.5. The van der Waals surface area contributed by atoms with Crippen molar-refractivity contribution in [3.63, 3.8) is 0 Å². The van der Waals surface area contributed by atoms with Crippen molar-refractivity contribution < 1.29 is 14.3 Å². The molecule has 34 heavy (non-hydrogen) atoms. The molecule has 170 valence electrons. The quantitative estimate of drug-likeness (QED) is 0.363. The zero-order valence-electron chi connectivity index (χ0n) is 19.0. The van der Waals surface area contributed by atoms with Crippen LogP contribution in [0.2, 0.25) is 0 Å². The molecule has 0 saturated heterocycles. The van der Waals surface area contributed by atoms with E-state index in [0.717, 1.165) is 27.7 Å². The number of aromatic carboxylic acids is 1. The van der Waals surface area contributed by atoms with Crippen LogP contribution in [0.3, 0.4) is 0 Å². The highest BCUT2D eigenvalue weighted by molar-refractivity contribution is 5.95. The molecule has 7 heteroatoms. The van der Waals surface area contributed by atoms with Crippen LogP contribution >= 0.6 is 0 Å². The van der Waals surface area contributed by atoms with E-state index < -0.39 is 5.97 Å². The number of hydrogen-bond acceptors (Lipinski definition) is 5. The zero-order valence-corrected chi connectivity index (χ0v) is 19.0. The summed E-state index contributed by atoms with van der Waals surface area (Å²) in [6.45, 7) is 3.84. The number of nitrogens with zero attached hydrogens (tertiary/aromatic N) is 2. The van der Waals surface area contributed by atoms with Gasteiger partial charge in [-0.2, -0.15) is 5.10 Å². The van der Waals surface area contributed by atoms with Gasteiger partial charge in [-0.05, 0) is 43.7 Å². The second kappa shape index (κ2) is 8.19. The third kappa shape index (κ3) is 3.61. The van der Waals surface area contributed by atoms with Gasteiger partial charge >= 0.3 is 5.97 Å². The van der Waals surface area contributed by atoms with E-state index in [1.807, 2.05) is 57.3 Å². The SMILES string of the molecule is Cc1cc(C(C)Nc2ccccc2C(=O)O)c2oc(-c3c4ccccc4nn3C)cc(=O)c2c1. The number of nitrogens with one attached hydrogen (secondary N) is 1. The summed E-state index contributed by atoms with van der Waals surface area (Å²) in [5.41, 5.74) is 4.19. The number of carboxylic acids is 1. The van der Waals surface area contributed by atoms with Gasteiger partial charge in [0.15, 0.2) is 11.2 Å². The van der Waals surface area contributed by atoms with Crippen LogP contribution in [0, 0.1) is 6.92 Å². The topological polar surface area (TPSA) is 97.4 Å². The van der Waals surface area contributed by atoms with Gasteiger partial charge in [-0.1, -0.05) is 36.4 Å². The van der Waals surface area contributed by atoms with Crippen LogP contribution in [0.5, 0.6) is 0 Å². The molecule has 7 nitrogen and oxygen atoms in total. The Bertz CT molecular complexity index is 1630. The van der Waals surface area contributed by atoms with Gasteiger partial charge in [-0.15, -0.1) is 0 Å². The number of hydrogen-bond donors (Lipinski definition) is 2. The van der Waals surface area contributed by atoms with Crippen LogP contribution in [0.25, 0.3) is 33.3 Å². The molecular weight excluding hydrogens is 430 g/mol. The molecule has 3 aromatic carbocycles. The third-order valence-corrected chi connectivity index (χ3v) is 5.97. The summed E-state index contributed by atoms with van der Waals surface area (Å²) < 4.78 is 8.10. The van der Waals surface area contributed by atoms with Gasteiger partial charge in [0.2, 0.25) is 0 Å². The maximum absolute atomic E-state index is 13.2. The fraction of sp³-hybridized carbons (Fsp3) is 0.148. The van der Waals surface area contributed by atoms with Crippen molar-refractivity contribution in [2.24, 2.45) is 7.05 Å². The Balaban J connectivity index is 1.69. The molecule has 0 aliphatic heterocycles. The summed E-state index contributed by atoms with van der Waals surface area (Å²) in [6, 6.07) is 19.4. The van der Waals surface area contributed by atoms with E-state index >= 15 is 0 Å². The number of carbonyl (C=O) groups is 1. The third-order valence-electron chi connectivity index (χ3n) is 5.97. The number of benzene rings is 3. The number of para-hydroxylation sites is 1. The Morgan fingerprint density at radius 1 is 1.06 bits per heavy atom. The molecule has 1 atom stereocenters. The second-order valence-corrected chi connectivity index (χ2v) is 8.41. The summed E-state index contributed by atoms with van der Waals surface area (Å²) >= 11 is 0. The van der Waals surface area contributed by atoms with Gasteiger partial charge in [-0.3, -0.25) is 9.48 Å². The Kier molecular flexibility index (Phi) is 5.17. The number of rotatable bonds is 5. The van der Waals surface area contributed by atoms with Crippen molar-refractivity contribution in [1.82, 2.24) is 9.78 Å². The van der Waals surface area contributed by atoms with E-state index in [0.29, 0.717) is 22.4 Å². The van der Waals surface area contributed by atoms with Crippen LogP contribution in [0.15, 0.2) is 75.9 Å². The van der Waals surface area contributed by atoms with Crippen LogP contribution in [-0.4, -0.2) is 20.9 Å². The summed E-state index contributed by atoms with van der Waals surface area (Å²) in [5, 5.41) is 18.7. The first-order valence-electron chi connectivity index (χ1n) is 10.9. The highest BCUT2D eigenvalue weighted by Crippen LogP contribution is 2.33. The van der Waals surface area contributed by atoms with Crippen molar-refractivity contribution in [2.75, 3.05) is 5.32 Å². The largest absolute Gasteiger partial charge is 0.478 e. The lowest BCUT2D eigenvalue weighted by Crippen LogP contribution is -2.12. The van der Waals surface area contributed by atoms with Crippen LogP contribution in [-0.2, 0) is 7.05 Å². The number of anilines is 1. The summed E-state index contributed by atoms with van der Waals surface area (Å²) in [7, 11) is 1.82. The molecule has 2 aromatic heterocycles. The average molecular weight is 453 g/mol. The minimum atomic E-state index is -1.01. The number of carboxylic acid groups (broad SMARTS) is 1. The fourth-order valence-corrected chi connectivity index (χ4v) is 4.42. The maximum atomic E-state index is 13.2. The zero-order chi connectivity index (χ0) is 24.0. The minimum absolute atomic E-state index is 0.149. The molecule has 5 rings (SSSR count). The lowest BCUT2D eigenvalue weighted by molar-refractivity contribution is 0.0698. The van der Waals surface area contributed by atoms with Gasteiger partial charge < -0.3 is 14.8 Å². The fourth-order valence-electron chi connectivity index (χ4n) is 4.42. The molecule has 0 aliphatic rings. The lowest BCUT2D eigenvalue weighted by Gasteiger charge is -2.19. The van der Waals surface area contributed by atoms with Crippen molar-refractivity contribution in [1.29, 1.82) is 0 Å². The molecular formula is C27H23N3O4. The lowest BCUT2D eigenvalue weighted by atomic mass is 10.00. The number of aryl methyl sites for hydroxylation is 2. The normalized spacial score (nSPS) is 12.2. The Morgan fingerprint density at radius 2 is 1.79 bits per heavy atom. The van der Waals surface area contributed by atoms with Crippen LogP contribution in [0.4, 0.5) is 5.69 Å². The minimum Gasteiger partial charge on any atom is -0.478 e. The van der Waals surface area contributed by atoms with Crippen molar-refractivity contribution in [2.45, 2.75) is 19.9 Å². The van der Waals surface area contributed by atoms with E-state index in [1.54, 1.807) is 28.9 Å². The monoisotopic (exact) mass is 453 g/mol. The van der Waals surface area contributed by atoms with Crippen LogP contribution in [0.1, 0.15) is 34.5 Å². The van der Waals surface area contributed by atoms with E-state index in [9.17, 15) is 14.7 Å². The van der Waals surface area contributed by atoms with Gasteiger partial charge in [0.1, 0.15) is 11.3 Å². The van der Waals surface area contributed by atoms with E-state index in [1.165, 1.54) is 6.07 Å². The maximum Gasteiger partial charge on any atom is 0.337 e. The molecule has 0 saturated carbocycles. The van der Waals surface area contributed by atoms with E-state index in [-0.39, 0.29) is 17.0 Å². The predicted octanol–water partition coefficient (Wildman–Crippen LogP) is 5.53. The summed E-state index contributed by atoms with van der Waals surface area (Å²) in [4.78, 5) is 24.8. The van der Waals surface area contributed by atoms with Gasteiger partial charge in [0, 0.05) is 29.8 Å². The molecule has 0 aliphatic carbocycles. The average Bonchev–Trinajstić information content (AvgIpc) is 3.14. The summed E-state index contributed by atoms with van der Waals surface area (Å²) in [5.74, 6) is -0.585. The molecule has 0 fully saturated rings. The molecule has 0 spiro atoms. The van der Waals surface area contributed by atoms with Gasteiger partial charge in [0.05, 0.1) is 22.5 Å². The molecule has 0 radical (unpaired) electrons. The van der Waals surface area contributed by atoms with E-state index in [2.05, 4.69) is 10.4 Å². The number of fused-ring (bicyclic) bond motifs is 2. The molecule has 0 amide bonds. The smallest absolute Gasteiger partial charge is 0.337 e.